The van der Waals surface area contributed by atoms with Crippen LogP contribution in [0.25, 0.3) is 0 Å². The average molecular weight is 185 g/mol. The van der Waals surface area contributed by atoms with Crippen molar-refractivity contribution in [1.29, 1.82) is 0 Å². The zero-order chi connectivity index (χ0) is 3.41. The molecule has 0 spiro atoms. The van der Waals surface area contributed by atoms with Gasteiger partial charge >= 0.3 is 0 Å². The van der Waals surface area contributed by atoms with E-state index < -0.39 is 0 Å². The molecule has 0 aliphatic carbocycles. The van der Waals surface area contributed by atoms with Crippen LogP contribution in [0.15, 0.2) is 0 Å². The molecule has 1 radical (unpaired) electrons. The highest BCUT2D eigenvalue weighted by Crippen LogP contribution is 2.15. The number of hydrogen-bond acceptors (Lipinski definition) is 0. The lowest BCUT2D eigenvalue weighted by atomic mass is 10.2. The molecule has 0 aromatic heterocycles. The summed E-state index contributed by atoms with van der Waals surface area (Å²) >= 11 is 2.32. The fourth-order valence-corrected chi connectivity index (χ4v) is 0. The lowest BCUT2D eigenvalue weighted by Gasteiger charge is -1.63. The molecule has 0 N–H and O–H groups in total. The van der Waals surface area contributed by atoms with Crippen LogP contribution in [0.2, 0.25) is 6.82 Å². The van der Waals surface area contributed by atoms with Crippen LogP contribution in [0.4, 0.5) is 0 Å². The SMILES string of the molecule is C[B]PI. The lowest BCUT2D eigenvalue weighted by Crippen LogP contribution is -1.49. The molecule has 0 nitrogen and oxygen atoms in total. The summed E-state index contributed by atoms with van der Waals surface area (Å²) in [5.74, 6) is 0. The van der Waals surface area contributed by atoms with Crippen LogP contribution in [0.5, 0.6) is 0 Å². The van der Waals surface area contributed by atoms with Crippen LogP contribution < -0.4 is 0 Å². The first-order chi connectivity index (χ1) is 1.91. The van der Waals surface area contributed by atoms with Crippen LogP contribution in [-0.2, 0) is 0 Å². The molecule has 0 aliphatic rings. The Morgan fingerprint density at radius 3 is 2.25 bits per heavy atom. The van der Waals surface area contributed by atoms with Crippen molar-refractivity contribution in [2.75, 3.05) is 0 Å². The summed E-state index contributed by atoms with van der Waals surface area (Å²) in [6, 6.07) is 0. The van der Waals surface area contributed by atoms with Gasteiger partial charge in [-0.25, -0.2) is 0 Å². The summed E-state index contributed by atoms with van der Waals surface area (Å²) < 4.78 is 0. The number of rotatable bonds is 1. The van der Waals surface area contributed by atoms with Gasteiger partial charge in [0.1, 0.15) is 0 Å². The van der Waals surface area contributed by atoms with Crippen molar-refractivity contribution in [3.05, 3.63) is 0 Å². The minimum Gasteiger partial charge on any atom is -0.0983 e. The second kappa shape index (κ2) is 4.22. The number of halogens is 1. The first-order valence-corrected chi connectivity index (χ1v) is 5.25. The molecule has 0 rings (SSSR count). The Morgan fingerprint density at radius 1 is 2.00 bits per heavy atom. The van der Waals surface area contributed by atoms with E-state index >= 15 is 0 Å². The quantitative estimate of drug-likeness (QED) is 0.331. The zero-order valence-corrected chi connectivity index (χ0v) is 5.61. The highest BCUT2D eigenvalue weighted by atomic mass is 127. The molecule has 4 heavy (non-hydrogen) atoms. The molecular weight excluding hydrogens is 181 g/mol. The molecule has 0 aromatic carbocycles. The average Bonchev–Trinajstić information content (AvgIpc) is 1.37. The van der Waals surface area contributed by atoms with Gasteiger partial charge in [-0.15, -0.1) is 0 Å². The fraction of sp³-hybridized carbons (Fsp3) is 1.00. The van der Waals surface area contributed by atoms with E-state index in [-0.39, 0.29) is 0 Å². The van der Waals surface area contributed by atoms with Gasteiger partial charge in [0, 0.05) is 0 Å². The van der Waals surface area contributed by atoms with Gasteiger partial charge in [-0.3, -0.25) is 0 Å². The molecule has 0 bridgehead atoms. The molecule has 1 unspecified atom stereocenters. The van der Waals surface area contributed by atoms with Crippen LogP contribution >= 0.6 is 28.1 Å². The molecule has 0 fully saturated rings. The molecule has 0 saturated carbocycles. The Hall–Kier alpha value is 1.22. The fourth-order valence-electron chi connectivity index (χ4n) is 0. The summed E-state index contributed by atoms with van der Waals surface area (Å²) in [5, 5.41) is 0. The third-order valence-corrected chi connectivity index (χ3v) is 2.20. The van der Waals surface area contributed by atoms with E-state index in [9.17, 15) is 0 Å². The van der Waals surface area contributed by atoms with E-state index in [0.717, 1.165) is 6.10 Å². The van der Waals surface area contributed by atoms with E-state index in [2.05, 4.69) is 35.9 Å². The van der Waals surface area contributed by atoms with Crippen molar-refractivity contribution in [1.82, 2.24) is 0 Å². The lowest BCUT2D eigenvalue weighted by molar-refractivity contribution is 2.38. The van der Waals surface area contributed by atoms with E-state index in [1.54, 1.807) is 0 Å². The Labute approximate surface area is 42.2 Å². The van der Waals surface area contributed by atoms with E-state index in [1.807, 2.05) is 0 Å². The second-order valence-corrected chi connectivity index (χ2v) is 3.06. The molecule has 0 heterocycles. The predicted molar refractivity (Wildman–Crippen MR) is 34.0 cm³/mol. The molecule has 3 heteroatoms. The third kappa shape index (κ3) is 3.22. The zero-order valence-electron chi connectivity index (χ0n) is 2.46. The summed E-state index contributed by atoms with van der Waals surface area (Å²) in [5.41, 5.74) is 0. The summed E-state index contributed by atoms with van der Waals surface area (Å²) in [4.78, 5) is 0. The monoisotopic (exact) mass is 185 g/mol. The Balaban J connectivity index is 1.97. The highest BCUT2D eigenvalue weighted by molar-refractivity contribution is 14.2. The van der Waals surface area contributed by atoms with Gasteiger partial charge in [0.15, 0.2) is 7.00 Å². The molecular formula is CH4BIP. The standard InChI is InChI=1S/CH4BIP/c1-2-4-3/h4H,1H3. The smallest absolute Gasteiger partial charge is 0.0983 e. The normalized spacial score (nSPS) is 9.50. The summed E-state index contributed by atoms with van der Waals surface area (Å²) in [6.07, 6.45) is 0.985. The van der Waals surface area contributed by atoms with Crippen LogP contribution in [-0.4, -0.2) is 7.00 Å². The first-order valence-electron chi connectivity index (χ1n) is 1.06. The van der Waals surface area contributed by atoms with E-state index in [0.29, 0.717) is 0 Å². The summed E-state index contributed by atoms with van der Waals surface area (Å²) in [7, 11) is 0. The van der Waals surface area contributed by atoms with E-state index in [1.165, 1.54) is 0 Å². The van der Waals surface area contributed by atoms with Crippen LogP contribution in [0, 0.1) is 0 Å². The van der Waals surface area contributed by atoms with Crippen molar-refractivity contribution >= 4 is 35.1 Å². The van der Waals surface area contributed by atoms with Crippen molar-refractivity contribution in [3.8, 4) is 0 Å². The van der Waals surface area contributed by atoms with Crippen LogP contribution in [0.1, 0.15) is 0 Å². The van der Waals surface area contributed by atoms with E-state index in [4.69, 9.17) is 0 Å². The van der Waals surface area contributed by atoms with Crippen molar-refractivity contribution in [2.24, 2.45) is 0 Å². The van der Waals surface area contributed by atoms with Crippen LogP contribution in [0.3, 0.4) is 0 Å². The van der Waals surface area contributed by atoms with Gasteiger partial charge in [-0.1, -0.05) is 35.0 Å². The predicted octanol–water partition coefficient (Wildman–Crippen LogP) is 1.68. The molecule has 23 valence electrons. The molecule has 0 aliphatic heterocycles. The summed E-state index contributed by atoms with van der Waals surface area (Å²) in [6.45, 7) is 4.20. The maximum absolute atomic E-state index is 2.32. The second-order valence-electron chi connectivity index (χ2n) is 0.398. The Kier molecular flexibility index (Phi) is 5.52. The number of hydrogen-bond donors (Lipinski definition) is 0. The van der Waals surface area contributed by atoms with Crippen molar-refractivity contribution in [2.45, 2.75) is 6.82 Å². The van der Waals surface area contributed by atoms with Gasteiger partial charge in [-0.2, -0.15) is 0 Å². The molecule has 0 amide bonds. The largest absolute Gasteiger partial charge is 0.152 e. The maximum Gasteiger partial charge on any atom is 0.152 e. The third-order valence-electron chi connectivity index (χ3n) is 0.109. The van der Waals surface area contributed by atoms with Gasteiger partial charge < -0.3 is 0 Å². The molecule has 0 saturated heterocycles. The maximum atomic E-state index is 2.32. The first kappa shape index (κ1) is 5.22. The van der Waals surface area contributed by atoms with Gasteiger partial charge in [0.05, 0.1) is 0 Å². The van der Waals surface area contributed by atoms with Crippen molar-refractivity contribution in [3.63, 3.8) is 0 Å². The minimum absolute atomic E-state index is 0.985. The van der Waals surface area contributed by atoms with Gasteiger partial charge in [0.25, 0.3) is 0 Å². The van der Waals surface area contributed by atoms with Crippen molar-refractivity contribution < 1.29 is 0 Å². The minimum atomic E-state index is 0.985. The highest BCUT2D eigenvalue weighted by Gasteiger charge is 1.62. The molecule has 0 aromatic rings. The van der Waals surface area contributed by atoms with Gasteiger partial charge in [0.2, 0.25) is 0 Å². The Bertz CT molecular complexity index is 10.0. The Morgan fingerprint density at radius 2 is 2.25 bits per heavy atom. The topological polar surface area (TPSA) is 0 Å². The molecule has 1 atom stereocenters. The van der Waals surface area contributed by atoms with Gasteiger partial charge in [-0.05, 0) is 0 Å².